The Labute approximate surface area is 150 Å². The molecule has 2 saturated heterocycles. The van der Waals surface area contributed by atoms with Crippen molar-refractivity contribution in [3.63, 3.8) is 0 Å². The molecule has 2 aliphatic heterocycles. The van der Waals surface area contributed by atoms with Gasteiger partial charge in [0.15, 0.2) is 0 Å². The zero-order chi connectivity index (χ0) is 17.2. The first-order valence-corrected chi connectivity index (χ1v) is 9.72. The lowest BCUT2D eigenvalue weighted by Crippen LogP contribution is -2.43. The molecule has 0 spiro atoms. The predicted octanol–water partition coefficient (Wildman–Crippen LogP) is 3.27. The van der Waals surface area contributed by atoms with E-state index in [-0.39, 0.29) is 0 Å². The van der Waals surface area contributed by atoms with Gasteiger partial charge in [0.05, 0.1) is 18.3 Å². The Morgan fingerprint density at radius 2 is 1.96 bits per heavy atom. The molecule has 2 aromatic rings. The van der Waals surface area contributed by atoms with E-state index in [4.69, 9.17) is 4.74 Å². The van der Waals surface area contributed by atoms with Gasteiger partial charge in [-0.15, -0.1) is 0 Å². The molecular weight excluding hydrogens is 312 g/mol. The van der Waals surface area contributed by atoms with Crippen LogP contribution < -0.4 is 4.74 Å². The van der Waals surface area contributed by atoms with Gasteiger partial charge in [0.2, 0.25) is 0 Å². The third kappa shape index (κ3) is 3.53. The Kier molecular flexibility index (Phi) is 4.95. The molecule has 1 aromatic heterocycles. The summed E-state index contributed by atoms with van der Waals surface area (Å²) in [6.07, 6.45) is 5.40. The number of H-pyrrole nitrogens is 1. The normalized spacial score (nSPS) is 21.8. The summed E-state index contributed by atoms with van der Waals surface area (Å²) in [5.41, 5.74) is 2.23. The average Bonchev–Trinajstić information content (AvgIpc) is 3.32. The minimum Gasteiger partial charge on any atom is -0.497 e. The number of piperidine rings is 1. The number of nitrogens with zero attached hydrogens (tertiary/aromatic N) is 3. The molecule has 1 atom stereocenters. The van der Waals surface area contributed by atoms with E-state index in [1.807, 2.05) is 12.1 Å². The summed E-state index contributed by atoms with van der Waals surface area (Å²) in [4.78, 5) is 5.27. The molecule has 5 nitrogen and oxygen atoms in total. The van der Waals surface area contributed by atoms with Crippen molar-refractivity contribution in [2.24, 2.45) is 5.92 Å². The molecule has 2 aliphatic rings. The van der Waals surface area contributed by atoms with Crippen LogP contribution in [0.4, 0.5) is 0 Å². The third-order valence-electron chi connectivity index (χ3n) is 6.25. The molecule has 0 aliphatic carbocycles. The molecule has 136 valence electrons. The Morgan fingerprint density at radius 3 is 2.68 bits per heavy atom. The van der Waals surface area contributed by atoms with Gasteiger partial charge in [-0.3, -0.25) is 10.00 Å². The number of hydrogen-bond acceptors (Lipinski definition) is 4. The highest BCUT2D eigenvalue weighted by molar-refractivity contribution is 5.82. The van der Waals surface area contributed by atoms with Gasteiger partial charge < -0.3 is 9.64 Å². The summed E-state index contributed by atoms with van der Waals surface area (Å²) in [7, 11) is 1.72. The highest BCUT2D eigenvalue weighted by Crippen LogP contribution is 2.28. The second kappa shape index (κ2) is 7.34. The van der Waals surface area contributed by atoms with Crippen LogP contribution >= 0.6 is 0 Å². The summed E-state index contributed by atoms with van der Waals surface area (Å²) in [5.74, 6) is 1.75. The highest BCUT2D eigenvalue weighted by Gasteiger charge is 2.29. The number of aromatic nitrogens is 2. The van der Waals surface area contributed by atoms with Crippen molar-refractivity contribution in [3.05, 3.63) is 23.9 Å². The summed E-state index contributed by atoms with van der Waals surface area (Å²) in [6.45, 7) is 8.39. The van der Waals surface area contributed by atoms with Gasteiger partial charge in [0, 0.05) is 18.0 Å². The maximum absolute atomic E-state index is 5.37. The number of methoxy groups -OCH3 is 1. The van der Waals surface area contributed by atoms with Crippen molar-refractivity contribution in [2.45, 2.75) is 45.2 Å². The van der Waals surface area contributed by atoms with E-state index in [2.05, 4.69) is 33.0 Å². The quantitative estimate of drug-likeness (QED) is 0.906. The summed E-state index contributed by atoms with van der Waals surface area (Å²) >= 11 is 0. The van der Waals surface area contributed by atoms with Crippen LogP contribution in [0.2, 0.25) is 0 Å². The van der Waals surface area contributed by atoms with Crippen molar-refractivity contribution < 1.29 is 4.74 Å². The number of fused-ring (bicyclic) bond motifs is 1. The Hall–Kier alpha value is -1.59. The number of aromatic amines is 1. The first kappa shape index (κ1) is 16.9. The molecule has 5 heteroatoms. The molecule has 25 heavy (non-hydrogen) atoms. The van der Waals surface area contributed by atoms with Gasteiger partial charge in [0.25, 0.3) is 0 Å². The molecule has 1 aromatic carbocycles. The third-order valence-corrected chi connectivity index (χ3v) is 6.25. The summed E-state index contributed by atoms with van der Waals surface area (Å²) in [6, 6.07) is 6.84. The summed E-state index contributed by atoms with van der Waals surface area (Å²) in [5, 5.41) is 8.86. The van der Waals surface area contributed by atoms with Gasteiger partial charge in [-0.2, -0.15) is 5.10 Å². The topological polar surface area (TPSA) is 44.4 Å². The first-order chi connectivity index (χ1) is 12.2. The Balaban J connectivity index is 1.37. The Morgan fingerprint density at radius 1 is 1.20 bits per heavy atom. The zero-order valence-corrected chi connectivity index (χ0v) is 15.5. The van der Waals surface area contributed by atoms with Gasteiger partial charge in [-0.1, -0.05) is 0 Å². The van der Waals surface area contributed by atoms with Crippen LogP contribution in [-0.4, -0.2) is 59.3 Å². The number of nitrogens with one attached hydrogen (secondary N) is 1. The van der Waals surface area contributed by atoms with Crippen molar-refractivity contribution >= 4 is 10.9 Å². The second-order valence-corrected chi connectivity index (χ2v) is 7.68. The monoisotopic (exact) mass is 342 g/mol. The molecule has 0 radical (unpaired) electrons. The standard InChI is InChI=1S/C20H30N4O/c1-15(24-9-3-4-10-24)16-7-11-23(12-8-16)14-20-18-13-17(25-2)5-6-19(18)21-22-20/h5-6,13,15-16H,3-4,7-12,14H2,1-2H3,(H,21,22)/t15-/m0/s1. The van der Waals surface area contributed by atoms with E-state index in [9.17, 15) is 0 Å². The minimum atomic E-state index is 0.752. The van der Waals surface area contributed by atoms with Gasteiger partial charge >= 0.3 is 0 Å². The number of likely N-dealkylation sites (tertiary alicyclic amines) is 2. The molecule has 0 saturated carbocycles. The van der Waals surface area contributed by atoms with Crippen LogP contribution in [-0.2, 0) is 6.54 Å². The van der Waals surface area contributed by atoms with E-state index in [0.29, 0.717) is 0 Å². The fraction of sp³-hybridized carbons (Fsp3) is 0.650. The van der Waals surface area contributed by atoms with E-state index < -0.39 is 0 Å². The fourth-order valence-electron chi connectivity index (χ4n) is 4.55. The molecular formula is C20H30N4O. The smallest absolute Gasteiger partial charge is 0.119 e. The Bertz CT molecular complexity index is 699. The molecule has 3 heterocycles. The molecule has 4 rings (SSSR count). The minimum absolute atomic E-state index is 0.752. The fourth-order valence-corrected chi connectivity index (χ4v) is 4.55. The van der Waals surface area contributed by atoms with Gasteiger partial charge in [-0.05, 0) is 82.9 Å². The van der Waals surface area contributed by atoms with Crippen molar-refractivity contribution in [1.29, 1.82) is 0 Å². The van der Waals surface area contributed by atoms with Crippen LogP contribution in [0.5, 0.6) is 5.75 Å². The van der Waals surface area contributed by atoms with Crippen molar-refractivity contribution in [2.75, 3.05) is 33.3 Å². The number of rotatable bonds is 5. The van der Waals surface area contributed by atoms with Crippen LogP contribution in [0, 0.1) is 5.92 Å². The molecule has 0 bridgehead atoms. The van der Waals surface area contributed by atoms with Crippen molar-refractivity contribution in [1.82, 2.24) is 20.0 Å². The zero-order valence-electron chi connectivity index (χ0n) is 15.5. The molecule has 0 unspecified atom stereocenters. The highest BCUT2D eigenvalue weighted by atomic mass is 16.5. The van der Waals surface area contributed by atoms with Crippen LogP contribution in [0.15, 0.2) is 18.2 Å². The lowest BCUT2D eigenvalue weighted by atomic mass is 9.89. The van der Waals surface area contributed by atoms with Crippen LogP contribution in [0.1, 0.15) is 38.3 Å². The largest absolute Gasteiger partial charge is 0.497 e. The number of hydrogen-bond donors (Lipinski definition) is 1. The number of ether oxygens (including phenoxy) is 1. The van der Waals surface area contributed by atoms with Crippen LogP contribution in [0.3, 0.4) is 0 Å². The van der Waals surface area contributed by atoms with Gasteiger partial charge in [0.1, 0.15) is 5.75 Å². The van der Waals surface area contributed by atoms with E-state index in [1.165, 1.54) is 62.9 Å². The second-order valence-electron chi connectivity index (χ2n) is 7.68. The van der Waals surface area contributed by atoms with E-state index in [1.54, 1.807) is 7.11 Å². The SMILES string of the molecule is COc1ccc2n[nH]c(CN3CCC([C@H](C)N4CCCC4)CC3)c2c1. The molecule has 1 N–H and O–H groups in total. The van der Waals surface area contributed by atoms with Gasteiger partial charge in [-0.25, -0.2) is 0 Å². The number of benzene rings is 1. The van der Waals surface area contributed by atoms with E-state index in [0.717, 1.165) is 29.8 Å². The molecule has 0 amide bonds. The lowest BCUT2D eigenvalue weighted by molar-refractivity contribution is 0.107. The lowest BCUT2D eigenvalue weighted by Gasteiger charge is -2.38. The van der Waals surface area contributed by atoms with Crippen LogP contribution in [0.25, 0.3) is 10.9 Å². The predicted molar refractivity (Wildman–Crippen MR) is 101 cm³/mol. The first-order valence-electron chi connectivity index (χ1n) is 9.72. The molecule has 2 fully saturated rings. The maximum atomic E-state index is 5.37. The maximum Gasteiger partial charge on any atom is 0.119 e. The van der Waals surface area contributed by atoms with E-state index >= 15 is 0 Å². The average molecular weight is 342 g/mol. The van der Waals surface area contributed by atoms with Crippen molar-refractivity contribution in [3.8, 4) is 5.75 Å². The summed E-state index contributed by atoms with van der Waals surface area (Å²) < 4.78 is 5.37.